The standard InChI is InChI=1S/C5H12N2O2/c6-9-4-5-3-8-2-1-7-5/h5,7H,1-4,6H2. The second-order valence-electron chi connectivity index (χ2n) is 2.06. The highest BCUT2D eigenvalue weighted by Crippen LogP contribution is 1.91. The zero-order chi connectivity index (χ0) is 6.53. The van der Waals surface area contributed by atoms with Gasteiger partial charge in [-0.15, -0.1) is 0 Å². The van der Waals surface area contributed by atoms with Crippen molar-refractivity contribution >= 4 is 0 Å². The second kappa shape index (κ2) is 3.79. The van der Waals surface area contributed by atoms with E-state index in [0.29, 0.717) is 13.2 Å². The fourth-order valence-electron chi connectivity index (χ4n) is 0.843. The molecule has 1 heterocycles. The molecule has 54 valence electrons. The van der Waals surface area contributed by atoms with Gasteiger partial charge in [0.1, 0.15) is 0 Å². The molecule has 0 spiro atoms. The van der Waals surface area contributed by atoms with Crippen LogP contribution in [0.1, 0.15) is 0 Å². The zero-order valence-electron chi connectivity index (χ0n) is 5.30. The van der Waals surface area contributed by atoms with E-state index in [1.54, 1.807) is 0 Å². The molecule has 9 heavy (non-hydrogen) atoms. The molecule has 0 aliphatic carbocycles. The van der Waals surface area contributed by atoms with Gasteiger partial charge >= 0.3 is 0 Å². The fraction of sp³-hybridized carbons (Fsp3) is 1.00. The Hall–Kier alpha value is -0.160. The smallest absolute Gasteiger partial charge is 0.0855 e. The van der Waals surface area contributed by atoms with E-state index < -0.39 is 0 Å². The van der Waals surface area contributed by atoms with Gasteiger partial charge in [-0.05, 0) is 0 Å². The molecule has 0 amide bonds. The molecule has 0 aromatic rings. The highest BCUT2D eigenvalue weighted by atomic mass is 16.6. The molecule has 3 N–H and O–H groups in total. The van der Waals surface area contributed by atoms with Crippen LogP contribution in [0.2, 0.25) is 0 Å². The van der Waals surface area contributed by atoms with E-state index in [0.717, 1.165) is 13.2 Å². The summed E-state index contributed by atoms with van der Waals surface area (Å²) in [5, 5.41) is 3.19. The predicted octanol–water partition coefficient (Wildman–Crippen LogP) is -1.13. The summed E-state index contributed by atoms with van der Waals surface area (Å²) in [6, 6.07) is 0.281. The molecule has 1 unspecified atom stereocenters. The van der Waals surface area contributed by atoms with Gasteiger partial charge in [0, 0.05) is 6.54 Å². The molecule has 4 heteroatoms. The van der Waals surface area contributed by atoms with Gasteiger partial charge in [-0.3, -0.25) is 0 Å². The van der Waals surface area contributed by atoms with Crippen molar-refractivity contribution in [2.45, 2.75) is 6.04 Å². The van der Waals surface area contributed by atoms with Crippen molar-refractivity contribution in [3.8, 4) is 0 Å². The van der Waals surface area contributed by atoms with E-state index in [-0.39, 0.29) is 6.04 Å². The van der Waals surface area contributed by atoms with Crippen molar-refractivity contribution in [2.75, 3.05) is 26.4 Å². The number of nitrogens with two attached hydrogens (primary N) is 1. The summed E-state index contributed by atoms with van der Waals surface area (Å²) in [5.41, 5.74) is 0. The van der Waals surface area contributed by atoms with Crippen molar-refractivity contribution in [2.24, 2.45) is 5.90 Å². The van der Waals surface area contributed by atoms with E-state index in [9.17, 15) is 0 Å². The Morgan fingerprint density at radius 3 is 3.22 bits per heavy atom. The Morgan fingerprint density at radius 2 is 2.67 bits per heavy atom. The molecule has 1 rings (SSSR count). The number of rotatable bonds is 2. The van der Waals surface area contributed by atoms with Crippen LogP contribution in [-0.4, -0.2) is 32.4 Å². The number of morpholine rings is 1. The van der Waals surface area contributed by atoms with Crippen LogP contribution in [0.4, 0.5) is 0 Å². The average molecular weight is 132 g/mol. The topological polar surface area (TPSA) is 56.5 Å². The number of nitrogens with one attached hydrogen (secondary N) is 1. The number of hydrogen-bond donors (Lipinski definition) is 2. The van der Waals surface area contributed by atoms with Crippen LogP contribution in [0.15, 0.2) is 0 Å². The maximum atomic E-state index is 5.14. The molecule has 0 radical (unpaired) electrons. The van der Waals surface area contributed by atoms with Gasteiger partial charge in [0.05, 0.1) is 25.9 Å². The Kier molecular flexibility index (Phi) is 2.93. The quantitative estimate of drug-likeness (QED) is 0.466. The Bertz CT molecular complexity index is 70.6. The fourth-order valence-corrected chi connectivity index (χ4v) is 0.843. The molecule has 1 saturated heterocycles. The molecular weight excluding hydrogens is 120 g/mol. The highest BCUT2D eigenvalue weighted by molar-refractivity contribution is 4.68. The van der Waals surface area contributed by atoms with Crippen molar-refractivity contribution in [3.05, 3.63) is 0 Å². The molecule has 1 atom stereocenters. The summed E-state index contributed by atoms with van der Waals surface area (Å²) in [4.78, 5) is 4.44. The number of ether oxygens (including phenoxy) is 1. The van der Waals surface area contributed by atoms with E-state index in [1.165, 1.54) is 0 Å². The lowest BCUT2D eigenvalue weighted by molar-refractivity contribution is 0.0290. The summed E-state index contributed by atoms with van der Waals surface area (Å²) in [7, 11) is 0. The normalized spacial score (nSPS) is 28.3. The lowest BCUT2D eigenvalue weighted by Crippen LogP contribution is -2.44. The first-order valence-electron chi connectivity index (χ1n) is 3.06. The molecule has 0 bridgehead atoms. The van der Waals surface area contributed by atoms with E-state index in [4.69, 9.17) is 10.6 Å². The molecule has 0 aromatic carbocycles. The van der Waals surface area contributed by atoms with Crippen LogP contribution in [0.5, 0.6) is 0 Å². The van der Waals surface area contributed by atoms with Crippen molar-refractivity contribution in [1.29, 1.82) is 0 Å². The van der Waals surface area contributed by atoms with Crippen molar-refractivity contribution < 1.29 is 9.57 Å². The SMILES string of the molecule is NOCC1COCCN1. The first kappa shape index (κ1) is 6.95. The first-order chi connectivity index (χ1) is 4.43. The zero-order valence-corrected chi connectivity index (χ0v) is 5.30. The van der Waals surface area contributed by atoms with E-state index in [1.807, 2.05) is 0 Å². The van der Waals surface area contributed by atoms with Crippen LogP contribution in [0.25, 0.3) is 0 Å². The lowest BCUT2D eigenvalue weighted by atomic mass is 10.3. The van der Waals surface area contributed by atoms with Crippen molar-refractivity contribution in [3.63, 3.8) is 0 Å². The largest absolute Gasteiger partial charge is 0.378 e. The lowest BCUT2D eigenvalue weighted by Gasteiger charge is -2.22. The predicted molar refractivity (Wildman–Crippen MR) is 32.7 cm³/mol. The van der Waals surface area contributed by atoms with Crippen molar-refractivity contribution in [1.82, 2.24) is 5.32 Å². The van der Waals surface area contributed by atoms with Crippen LogP contribution in [-0.2, 0) is 9.57 Å². The van der Waals surface area contributed by atoms with Gasteiger partial charge in [-0.2, -0.15) is 0 Å². The Balaban J connectivity index is 2.08. The molecular formula is C5H12N2O2. The monoisotopic (exact) mass is 132 g/mol. The van der Waals surface area contributed by atoms with Crippen LogP contribution in [0.3, 0.4) is 0 Å². The molecule has 0 saturated carbocycles. The third-order valence-corrected chi connectivity index (χ3v) is 1.30. The van der Waals surface area contributed by atoms with Crippen LogP contribution >= 0.6 is 0 Å². The maximum Gasteiger partial charge on any atom is 0.0855 e. The van der Waals surface area contributed by atoms with Gasteiger partial charge in [-0.25, -0.2) is 5.90 Å². The molecule has 4 nitrogen and oxygen atoms in total. The van der Waals surface area contributed by atoms with Gasteiger partial charge in [0.15, 0.2) is 0 Å². The molecule has 0 aromatic heterocycles. The van der Waals surface area contributed by atoms with Gasteiger partial charge in [-0.1, -0.05) is 0 Å². The third kappa shape index (κ3) is 2.28. The second-order valence-corrected chi connectivity index (χ2v) is 2.06. The van der Waals surface area contributed by atoms with E-state index in [2.05, 4.69) is 10.2 Å². The van der Waals surface area contributed by atoms with Gasteiger partial charge in [0.25, 0.3) is 0 Å². The minimum absolute atomic E-state index is 0.281. The Morgan fingerprint density at radius 1 is 1.78 bits per heavy atom. The van der Waals surface area contributed by atoms with Crippen LogP contribution < -0.4 is 11.2 Å². The molecule has 1 aliphatic rings. The highest BCUT2D eigenvalue weighted by Gasteiger charge is 2.11. The maximum absolute atomic E-state index is 5.14. The average Bonchev–Trinajstić information content (AvgIpc) is 1.91. The summed E-state index contributed by atoms with van der Waals surface area (Å²) in [5.74, 6) is 4.86. The summed E-state index contributed by atoms with van der Waals surface area (Å²) in [6.07, 6.45) is 0. The minimum Gasteiger partial charge on any atom is -0.378 e. The number of hydrogen-bond acceptors (Lipinski definition) is 4. The van der Waals surface area contributed by atoms with Gasteiger partial charge in [0.2, 0.25) is 0 Å². The van der Waals surface area contributed by atoms with Crippen LogP contribution in [0, 0.1) is 0 Å². The van der Waals surface area contributed by atoms with E-state index >= 15 is 0 Å². The molecule has 1 aliphatic heterocycles. The summed E-state index contributed by atoms with van der Waals surface area (Å²) in [6.45, 7) is 2.92. The first-order valence-corrected chi connectivity index (χ1v) is 3.06. The van der Waals surface area contributed by atoms with Gasteiger partial charge < -0.3 is 14.9 Å². The minimum atomic E-state index is 0.281. The summed E-state index contributed by atoms with van der Waals surface area (Å²) < 4.78 is 5.14. The third-order valence-electron chi connectivity index (χ3n) is 1.30. The Labute approximate surface area is 54.3 Å². The molecule has 1 fully saturated rings. The summed E-state index contributed by atoms with van der Waals surface area (Å²) >= 11 is 0.